The smallest absolute Gasteiger partial charge is 0.264 e. The molecule has 2 aliphatic heterocycles. The fourth-order valence-corrected chi connectivity index (χ4v) is 4.44. The molecule has 0 aromatic carbocycles. The van der Waals surface area contributed by atoms with Crippen molar-refractivity contribution in [1.82, 2.24) is 9.88 Å². The van der Waals surface area contributed by atoms with Crippen LogP contribution in [0, 0.1) is 6.92 Å². The van der Waals surface area contributed by atoms with Crippen molar-refractivity contribution in [2.24, 2.45) is 0 Å². The highest BCUT2D eigenvalue weighted by Crippen LogP contribution is 2.33. The van der Waals surface area contributed by atoms with Crippen LogP contribution in [0.3, 0.4) is 0 Å². The average molecular weight is 344 g/mol. The predicted molar refractivity (Wildman–Crippen MR) is 91.5 cm³/mol. The van der Waals surface area contributed by atoms with Gasteiger partial charge in [0.05, 0.1) is 23.7 Å². The Morgan fingerprint density at radius 3 is 3.12 bits per heavy atom. The topological polar surface area (TPSA) is 51.7 Å². The van der Waals surface area contributed by atoms with E-state index < -0.39 is 0 Å². The molecule has 4 rings (SSSR count). The summed E-state index contributed by atoms with van der Waals surface area (Å²) in [6.45, 7) is 3.27. The first-order valence-electron chi connectivity index (χ1n) is 8.27. The monoisotopic (exact) mass is 344 g/mol. The van der Waals surface area contributed by atoms with Gasteiger partial charge in [-0.2, -0.15) is 0 Å². The number of aryl methyl sites for hydroxylation is 1. The third-order valence-corrected chi connectivity index (χ3v) is 5.72. The van der Waals surface area contributed by atoms with Crippen molar-refractivity contribution in [3.63, 3.8) is 0 Å². The van der Waals surface area contributed by atoms with Crippen molar-refractivity contribution in [1.29, 1.82) is 0 Å². The van der Waals surface area contributed by atoms with Gasteiger partial charge in [-0.15, -0.1) is 11.3 Å². The highest BCUT2D eigenvalue weighted by Gasteiger charge is 2.47. The number of fused-ring (bicyclic) bond motifs is 1. The van der Waals surface area contributed by atoms with Crippen LogP contribution >= 0.6 is 11.3 Å². The van der Waals surface area contributed by atoms with Gasteiger partial charge in [0, 0.05) is 12.8 Å². The first-order chi connectivity index (χ1) is 11.7. The van der Waals surface area contributed by atoms with E-state index in [2.05, 4.69) is 4.98 Å². The van der Waals surface area contributed by atoms with E-state index in [0.717, 1.165) is 35.6 Å². The maximum Gasteiger partial charge on any atom is 0.264 e. The van der Waals surface area contributed by atoms with E-state index in [-0.39, 0.29) is 24.2 Å². The molecule has 2 aromatic rings. The molecule has 0 N–H and O–H groups in total. The van der Waals surface area contributed by atoms with Crippen molar-refractivity contribution in [3.05, 3.63) is 46.4 Å². The van der Waals surface area contributed by atoms with E-state index in [1.165, 1.54) is 11.3 Å². The number of thiophene rings is 1. The van der Waals surface area contributed by atoms with Crippen LogP contribution in [-0.2, 0) is 4.74 Å². The molecule has 0 spiro atoms. The Morgan fingerprint density at radius 2 is 2.38 bits per heavy atom. The van der Waals surface area contributed by atoms with Gasteiger partial charge in [0.15, 0.2) is 0 Å². The van der Waals surface area contributed by atoms with Crippen LogP contribution in [-0.4, -0.2) is 47.2 Å². The Labute approximate surface area is 145 Å². The number of carbonyl (C=O) groups excluding carboxylic acids is 1. The number of carbonyl (C=O) groups is 1. The minimum absolute atomic E-state index is 0.0665. The molecular formula is C18H20N2O3S. The summed E-state index contributed by atoms with van der Waals surface area (Å²) in [5.74, 6) is 0.817. The number of rotatable bonds is 3. The lowest BCUT2D eigenvalue weighted by Crippen LogP contribution is -2.44. The standard InChI is InChI=1S/C18H20N2O3S/c1-12-6-9-24-17(12)18(21)20-11-15(16-14(20)5-3-8-22-16)23-13-4-2-7-19-10-13/h2,4,6-7,9-10,14-16H,3,5,8,11H2,1H3/t14-,15+,16+/m0/s1. The van der Waals surface area contributed by atoms with Gasteiger partial charge in [0.1, 0.15) is 18.0 Å². The molecule has 0 radical (unpaired) electrons. The summed E-state index contributed by atoms with van der Waals surface area (Å²) in [7, 11) is 0. The first-order valence-corrected chi connectivity index (χ1v) is 9.15. The summed E-state index contributed by atoms with van der Waals surface area (Å²) in [5, 5.41) is 1.97. The summed E-state index contributed by atoms with van der Waals surface area (Å²) >= 11 is 1.51. The Kier molecular flexibility index (Phi) is 4.24. The van der Waals surface area contributed by atoms with Crippen LogP contribution in [0.15, 0.2) is 36.0 Å². The van der Waals surface area contributed by atoms with Crippen molar-refractivity contribution >= 4 is 17.2 Å². The molecule has 0 saturated carbocycles. The summed E-state index contributed by atoms with van der Waals surface area (Å²) in [5.41, 5.74) is 1.04. The molecule has 0 aliphatic carbocycles. The fourth-order valence-electron chi connectivity index (χ4n) is 3.56. The first kappa shape index (κ1) is 15.6. The summed E-state index contributed by atoms with van der Waals surface area (Å²) in [6.07, 6.45) is 5.15. The third-order valence-electron chi connectivity index (χ3n) is 4.72. The molecule has 2 aromatic heterocycles. The third kappa shape index (κ3) is 2.80. The summed E-state index contributed by atoms with van der Waals surface area (Å²) in [6, 6.07) is 5.82. The van der Waals surface area contributed by atoms with Crippen molar-refractivity contribution in [2.45, 2.75) is 38.0 Å². The molecule has 6 heteroatoms. The van der Waals surface area contributed by atoms with Crippen LogP contribution < -0.4 is 4.74 Å². The van der Waals surface area contributed by atoms with Gasteiger partial charge in [0.2, 0.25) is 0 Å². The molecule has 0 bridgehead atoms. The highest BCUT2D eigenvalue weighted by molar-refractivity contribution is 7.12. The second-order valence-electron chi connectivity index (χ2n) is 6.28. The van der Waals surface area contributed by atoms with Crippen molar-refractivity contribution < 1.29 is 14.3 Å². The van der Waals surface area contributed by atoms with Gasteiger partial charge >= 0.3 is 0 Å². The van der Waals surface area contributed by atoms with Crippen LogP contribution in [0.2, 0.25) is 0 Å². The molecule has 2 fully saturated rings. The zero-order valence-corrected chi connectivity index (χ0v) is 14.4. The minimum atomic E-state index is -0.149. The van der Waals surface area contributed by atoms with E-state index in [0.29, 0.717) is 6.54 Å². The molecular weight excluding hydrogens is 324 g/mol. The Hall–Kier alpha value is -1.92. The molecule has 1 amide bonds. The SMILES string of the molecule is Cc1ccsc1C(=O)N1C[C@@H](Oc2cccnc2)[C@@H]2OCCC[C@@H]21. The number of hydrogen-bond donors (Lipinski definition) is 0. The van der Waals surface area contributed by atoms with E-state index >= 15 is 0 Å². The van der Waals surface area contributed by atoms with Crippen LogP contribution in [0.4, 0.5) is 0 Å². The fraction of sp³-hybridized carbons (Fsp3) is 0.444. The number of ether oxygens (including phenoxy) is 2. The van der Waals surface area contributed by atoms with Crippen molar-refractivity contribution in [2.75, 3.05) is 13.2 Å². The number of pyridine rings is 1. The number of likely N-dealkylation sites (tertiary alicyclic amines) is 1. The van der Waals surface area contributed by atoms with E-state index in [1.807, 2.05) is 35.4 Å². The second-order valence-corrected chi connectivity index (χ2v) is 7.20. The van der Waals surface area contributed by atoms with Gasteiger partial charge in [-0.1, -0.05) is 0 Å². The van der Waals surface area contributed by atoms with E-state index in [4.69, 9.17) is 9.47 Å². The van der Waals surface area contributed by atoms with Gasteiger partial charge < -0.3 is 14.4 Å². The molecule has 2 saturated heterocycles. The minimum Gasteiger partial charge on any atom is -0.484 e. The van der Waals surface area contributed by atoms with Gasteiger partial charge in [0.25, 0.3) is 5.91 Å². The van der Waals surface area contributed by atoms with E-state index in [9.17, 15) is 4.79 Å². The normalized spacial score (nSPS) is 26.2. The lowest BCUT2D eigenvalue weighted by Gasteiger charge is -2.32. The lowest BCUT2D eigenvalue weighted by atomic mass is 10.0. The van der Waals surface area contributed by atoms with Crippen LogP contribution in [0.1, 0.15) is 28.1 Å². The number of hydrogen-bond acceptors (Lipinski definition) is 5. The zero-order valence-electron chi connectivity index (χ0n) is 13.6. The zero-order chi connectivity index (χ0) is 16.5. The Balaban J connectivity index is 1.57. The maximum absolute atomic E-state index is 13.0. The molecule has 126 valence electrons. The summed E-state index contributed by atoms with van der Waals surface area (Å²) in [4.78, 5) is 19.9. The van der Waals surface area contributed by atoms with Gasteiger partial charge in [-0.05, 0) is 48.9 Å². The van der Waals surface area contributed by atoms with Crippen molar-refractivity contribution in [3.8, 4) is 5.75 Å². The molecule has 5 nitrogen and oxygen atoms in total. The Morgan fingerprint density at radius 1 is 1.46 bits per heavy atom. The molecule has 2 aliphatic rings. The molecule has 0 unspecified atom stereocenters. The predicted octanol–water partition coefficient (Wildman–Crippen LogP) is 2.90. The number of nitrogens with zero attached hydrogens (tertiary/aromatic N) is 2. The van der Waals surface area contributed by atoms with Crippen LogP contribution in [0.25, 0.3) is 0 Å². The Bertz CT molecular complexity index is 718. The second kappa shape index (κ2) is 6.53. The molecule has 3 atom stereocenters. The maximum atomic E-state index is 13.0. The lowest BCUT2D eigenvalue weighted by molar-refractivity contribution is -0.0447. The molecule has 4 heterocycles. The summed E-state index contributed by atoms with van der Waals surface area (Å²) < 4.78 is 12.1. The van der Waals surface area contributed by atoms with Gasteiger partial charge in [-0.3, -0.25) is 9.78 Å². The van der Waals surface area contributed by atoms with E-state index in [1.54, 1.807) is 12.4 Å². The average Bonchev–Trinajstić information content (AvgIpc) is 3.20. The quantitative estimate of drug-likeness (QED) is 0.859. The number of amides is 1. The highest BCUT2D eigenvalue weighted by atomic mass is 32.1. The molecule has 24 heavy (non-hydrogen) atoms. The van der Waals surface area contributed by atoms with Gasteiger partial charge in [-0.25, -0.2) is 0 Å². The van der Waals surface area contributed by atoms with Crippen LogP contribution in [0.5, 0.6) is 5.75 Å². The largest absolute Gasteiger partial charge is 0.484 e. The number of aromatic nitrogens is 1.